The van der Waals surface area contributed by atoms with E-state index in [0.29, 0.717) is 16.9 Å². The summed E-state index contributed by atoms with van der Waals surface area (Å²) < 4.78 is 3.10. The first-order valence-corrected chi connectivity index (χ1v) is 10.2. The van der Waals surface area contributed by atoms with Gasteiger partial charge in [-0.05, 0) is 17.7 Å². The van der Waals surface area contributed by atoms with Gasteiger partial charge >= 0.3 is 5.97 Å². The highest BCUT2D eigenvalue weighted by Crippen LogP contribution is 2.41. The summed E-state index contributed by atoms with van der Waals surface area (Å²) in [5, 5.41) is 2.30. The van der Waals surface area contributed by atoms with E-state index in [4.69, 9.17) is 39.5 Å². The Morgan fingerprint density at radius 1 is 1.33 bits per heavy atom. The summed E-state index contributed by atoms with van der Waals surface area (Å²) in [5.74, 6) is -1.48. The molecule has 0 aromatic heterocycles. The molecule has 0 aliphatic carbocycles. The van der Waals surface area contributed by atoms with Gasteiger partial charge in [-0.2, -0.15) is 0 Å². The number of benzene rings is 1. The first kappa shape index (κ1) is 20.3. The van der Waals surface area contributed by atoms with E-state index in [1.54, 1.807) is 30.3 Å². The van der Waals surface area contributed by atoms with Gasteiger partial charge in [0, 0.05) is 11.3 Å². The molecule has 2 aliphatic rings. The second-order valence-electron chi connectivity index (χ2n) is 6.02. The monoisotopic (exact) mass is 448 g/mol. The van der Waals surface area contributed by atoms with Gasteiger partial charge in [0.25, 0.3) is 10.4 Å². The normalized spacial score (nSPS) is 24.7. The molecule has 1 N–H and O–H groups in total. The molecule has 0 saturated carbocycles. The van der Waals surface area contributed by atoms with Crippen LogP contribution in [0.15, 0.2) is 42.5 Å². The number of ether oxygens (including phenoxy) is 1. The minimum absolute atomic E-state index is 0.330. The zero-order valence-corrected chi connectivity index (χ0v) is 16.9. The van der Waals surface area contributed by atoms with Crippen molar-refractivity contribution in [1.29, 1.82) is 0 Å². The Hall–Kier alpha value is -1.41. The van der Waals surface area contributed by atoms with Gasteiger partial charge < -0.3 is 15.0 Å². The maximum Gasteiger partial charge on any atom is 0.335 e. The molecular formula is C17H15Cl3N2O4S. The molecule has 1 aromatic carbocycles. The van der Waals surface area contributed by atoms with E-state index in [9.17, 15) is 14.4 Å². The Kier molecular flexibility index (Phi) is 5.96. The van der Waals surface area contributed by atoms with Crippen LogP contribution in [-0.2, 0) is 14.3 Å². The molecule has 144 valence electrons. The summed E-state index contributed by atoms with van der Waals surface area (Å²) in [6, 6.07) is 6.80. The molecule has 6 nitrogen and oxygen atoms in total. The summed E-state index contributed by atoms with van der Waals surface area (Å²) in [6.45, 7) is 3.84. The molecule has 27 heavy (non-hydrogen) atoms. The third-order valence-corrected chi connectivity index (χ3v) is 6.59. The lowest BCUT2D eigenvalue weighted by Gasteiger charge is -2.52. The van der Waals surface area contributed by atoms with Gasteiger partial charge in [0.05, 0.1) is 5.88 Å². The predicted octanol–water partition coefficient (Wildman–Crippen LogP) is 2.54. The number of rotatable bonds is 5. The van der Waals surface area contributed by atoms with Crippen LogP contribution in [-0.4, -0.2) is 56.3 Å². The Balaban J connectivity index is 1.71. The Morgan fingerprint density at radius 2 is 2.00 bits per heavy atom. The van der Waals surface area contributed by atoms with E-state index in [-0.39, 0.29) is 11.8 Å². The van der Waals surface area contributed by atoms with Crippen LogP contribution in [0.5, 0.6) is 0 Å². The number of carbonyl (C=O) groups is 3. The molecule has 0 bridgehead atoms. The number of nitrogens with one attached hydrogen (secondary N) is 1. The fraction of sp³-hybridized carbons (Fsp3) is 0.353. The molecular weight excluding hydrogens is 435 g/mol. The Morgan fingerprint density at radius 3 is 2.63 bits per heavy atom. The van der Waals surface area contributed by atoms with Gasteiger partial charge in [-0.15, -0.1) is 23.4 Å². The highest BCUT2D eigenvalue weighted by molar-refractivity contribution is 8.00. The Labute approximate surface area is 175 Å². The van der Waals surface area contributed by atoms with Gasteiger partial charge in [0.1, 0.15) is 11.4 Å². The number of β-lactam (4-membered cyclic amide) rings is 1. The van der Waals surface area contributed by atoms with Gasteiger partial charge in [-0.3, -0.25) is 9.59 Å². The molecule has 0 radical (unpaired) electrons. The minimum Gasteiger partial charge on any atom is -0.426 e. The van der Waals surface area contributed by atoms with Crippen molar-refractivity contribution in [2.75, 3.05) is 11.6 Å². The lowest BCUT2D eigenvalue weighted by Crippen LogP contribution is -2.74. The number of carbonyl (C=O) groups excluding carboxylic acids is 3. The van der Waals surface area contributed by atoms with Crippen LogP contribution in [0.25, 0.3) is 0 Å². The van der Waals surface area contributed by atoms with Crippen LogP contribution in [0.3, 0.4) is 0 Å². The molecule has 2 aliphatic heterocycles. The zero-order chi connectivity index (χ0) is 19.8. The third kappa shape index (κ3) is 4.06. The van der Waals surface area contributed by atoms with Crippen molar-refractivity contribution in [1.82, 2.24) is 10.2 Å². The SMILES string of the molecule is C=C1CS[C@@H]2[C@H](NC(=O)c3ccccc3)C(=O)N2C1C(=O)OC(Cl)(Cl)CCl. The number of esters is 1. The number of hydrogen-bond donors (Lipinski definition) is 1. The Bertz CT molecular complexity index is 790. The van der Waals surface area contributed by atoms with Crippen molar-refractivity contribution in [2.45, 2.75) is 22.0 Å². The average Bonchev–Trinajstić information content (AvgIpc) is 2.65. The van der Waals surface area contributed by atoms with E-state index in [1.165, 1.54) is 16.7 Å². The van der Waals surface area contributed by atoms with E-state index in [1.807, 2.05) is 0 Å². The minimum atomic E-state index is -1.89. The summed E-state index contributed by atoms with van der Waals surface area (Å²) in [7, 11) is 0. The fourth-order valence-corrected chi connectivity index (χ4v) is 4.38. The lowest BCUT2D eigenvalue weighted by atomic mass is 9.98. The quantitative estimate of drug-likeness (QED) is 0.324. The molecule has 1 unspecified atom stereocenters. The first-order valence-electron chi connectivity index (χ1n) is 7.89. The summed E-state index contributed by atoms with van der Waals surface area (Å²) in [4.78, 5) is 38.7. The average molecular weight is 450 g/mol. The molecule has 2 heterocycles. The summed E-state index contributed by atoms with van der Waals surface area (Å²) >= 11 is 18.5. The van der Waals surface area contributed by atoms with Crippen LogP contribution >= 0.6 is 46.6 Å². The molecule has 3 atom stereocenters. The molecule has 10 heteroatoms. The van der Waals surface area contributed by atoms with E-state index in [2.05, 4.69) is 11.9 Å². The summed E-state index contributed by atoms with van der Waals surface area (Å²) in [5.41, 5.74) is 0.933. The van der Waals surface area contributed by atoms with Crippen LogP contribution < -0.4 is 5.32 Å². The van der Waals surface area contributed by atoms with E-state index >= 15 is 0 Å². The molecule has 0 spiro atoms. The summed E-state index contributed by atoms with van der Waals surface area (Å²) in [6.07, 6.45) is 0. The number of thioether (sulfide) groups is 1. The van der Waals surface area contributed by atoms with Crippen molar-refractivity contribution < 1.29 is 19.1 Å². The van der Waals surface area contributed by atoms with E-state index in [0.717, 1.165) is 0 Å². The van der Waals surface area contributed by atoms with Crippen molar-refractivity contribution >= 4 is 64.3 Å². The second kappa shape index (κ2) is 7.91. The highest BCUT2D eigenvalue weighted by Gasteiger charge is 2.57. The molecule has 2 fully saturated rings. The number of fused-ring (bicyclic) bond motifs is 1. The highest BCUT2D eigenvalue weighted by atomic mass is 35.5. The van der Waals surface area contributed by atoms with E-state index < -0.39 is 33.9 Å². The predicted molar refractivity (Wildman–Crippen MR) is 105 cm³/mol. The molecule has 2 saturated heterocycles. The van der Waals surface area contributed by atoms with Gasteiger partial charge in [0.2, 0.25) is 5.91 Å². The number of amides is 2. The zero-order valence-electron chi connectivity index (χ0n) is 13.9. The molecule has 3 rings (SSSR count). The van der Waals surface area contributed by atoms with Gasteiger partial charge in [-0.25, -0.2) is 4.79 Å². The van der Waals surface area contributed by atoms with Crippen molar-refractivity contribution in [3.63, 3.8) is 0 Å². The van der Waals surface area contributed by atoms with Crippen LogP contribution in [0.2, 0.25) is 0 Å². The smallest absolute Gasteiger partial charge is 0.335 e. The van der Waals surface area contributed by atoms with Crippen LogP contribution in [0.4, 0.5) is 0 Å². The van der Waals surface area contributed by atoms with Crippen LogP contribution in [0, 0.1) is 0 Å². The topological polar surface area (TPSA) is 75.7 Å². The fourth-order valence-electron chi connectivity index (χ4n) is 2.86. The van der Waals surface area contributed by atoms with Crippen molar-refractivity contribution in [3.05, 3.63) is 48.0 Å². The third-order valence-electron chi connectivity index (χ3n) is 4.14. The largest absolute Gasteiger partial charge is 0.426 e. The second-order valence-corrected chi connectivity index (χ2v) is 8.80. The number of alkyl halides is 3. The maximum absolute atomic E-state index is 12.6. The van der Waals surface area contributed by atoms with Crippen molar-refractivity contribution in [2.24, 2.45) is 0 Å². The molecule has 2 amide bonds. The van der Waals surface area contributed by atoms with Crippen LogP contribution in [0.1, 0.15) is 10.4 Å². The number of nitrogens with zero attached hydrogens (tertiary/aromatic N) is 1. The molecule has 1 aromatic rings. The standard InChI is InChI=1S/C17H15Cl3N2O4S/c1-9-7-27-15-11(21-13(23)10-5-3-2-4-6-10)14(24)22(15)12(9)16(25)26-17(19,20)8-18/h2-6,11-12,15H,1,7-8H2,(H,21,23)/t11-,12?,15-/m1/s1. The number of halogens is 3. The maximum atomic E-state index is 12.6. The number of hydrogen-bond acceptors (Lipinski definition) is 5. The lowest BCUT2D eigenvalue weighted by molar-refractivity contribution is -0.164. The first-order chi connectivity index (χ1) is 12.7. The van der Waals surface area contributed by atoms with Crippen molar-refractivity contribution in [3.8, 4) is 0 Å². The van der Waals surface area contributed by atoms with Gasteiger partial charge in [-0.1, -0.05) is 48.0 Å². The van der Waals surface area contributed by atoms with Gasteiger partial charge in [0.15, 0.2) is 6.04 Å².